The fraction of sp³-hybridized carbons (Fsp3) is 0.444. The molecule has 0 rings (SSSR count). The average Bonchev–Trinajstić information content (AvgIpc) is 2.06. The lowest BCUT2D eigenvalue weighted by Crippen LogP contribution is -1.82. The molecular weight excluding hydrogens is 204 g/mol. The zero-order chi connectivity index (χ0) is 9.23. The Morgan fingerprint density at radius 2 is 1.50 bits per heavy atom. The molecule has 0 heterocycles. The summed E-state index contributed by atoms with van der Waals surface area (Å²) in [7, 11) is 0. The first kappa shape index (κ1) is 12.3. The molecule has 0 aromatic heterocycles. The van der Waals surface area contributed by atoms with Crippen molar-refractivity contribution in [2.24, 2.45) is 0 Å². The quantitative estimate of drug-likeness (QED) is 0.519. The van der Waals surface area contributed by atoms with Crippen LogP contribution in [0.1, 0.15) is 13.8 Å². The Hall–Kier alpha value is 0.270. The Morgan fingerprint density at radius 3 is 1.83 bits per heavy atom. The van der Waals surface area contributed by atoms with Crippen molar-refractivity contribution < 1.29 is 0 Å². The predicted molar refractivity (Wildman–Crippen MR) is 67.1 cm³/mol. The van der Waals surface area contributed by atoms with Gasteiger partial charge in [-0.3, -0.25) is 0 Å². The lowest BCUT2D eigenvalue weighted by Gasteiger charge is -1.96. The van der Waals surface area contributed by atoms with Gasteiger partial charge in [0.05, 0.1) is 0 Å². The number of rotatable bonds is 4. The summed E-state index contributed by atoms with van der Waals surface area (Å²) in [6, 6.07) is 0. The van der Waals surface area contributed by atoms with E-state index in [0.29, 0.717) is 0 Å². The van der Waals surface area contributed by atoms with Crippen LogP contribution in [-0.2, 0) is 0 Å². The van der Waals surface area contributed by atoms with Crippen LogP contribution in [-0.4, -0.2) is 15.0 Å². The van der Waals surface area contributed by atoms with Crippen LogP contribution in [0.3, 0.4) is 0 Å². The summed E-state index contributed by atoms with van der Waals surface area (Å²) < 4.78 is 1.03. The van der Waals surface area contributed by atoms with Crippen molar-refractivity contribution in [3.8, 4) is 0 Å². The molecule has 0 N–H and O–H groups in total. The van der Waals surface area contributed by atoms with Gasteiger partial charge in [-0.1, -0.05) is 36.5 Å². The molecule has 0 fully saturated rings. The average molecular weight is 218 g/mol. The highest BCUT2D eigenvalue weighted by Crippen LogP contribution is 2.17. The summed E-state index contributed by atoms with van der Waals surface area (Å²) in [5, 5.41) is 0. The van der Waals surface area contributed by atoms with Crippen molar-refractivity contribution >= 4 is 39.3 Å². The molecule has 0 aliphatic carbocycles. The van der Waals surface area contributed by atoms with Gasteiger partial charge in [-0.25, -0.2) is 0 Å². The predicted octanol–water partition coefficient (Wildman–Crippen LogP) is 3.89. The fourth-order valence-corrected chi connectivity index (χ4v) is 2.47. The third kappa shape index (κ3) is 8.37. The molecule has 0 aliphatic rings. The second kappa shape index (κ2) is 9.36. The van der Waals surface area contributed by atoms with E-state index in [1.54, 1.807) is 23.5 Å². The van der Waals surface area contributed by atoms with Crippen molar-refractivity contribution in [3.05, 3.63) is 24.3 Å². The number of hydrogen-bond acceptors (Lipinski definition) is 3. The molecule has 0 saturated carbocycles. The molecule has 0 spiro atoms. The number of thiocarbonyl (C=S) groups is 1. The van der Waals surface area contributed by atoms with Gasteiger partial charge in [-0.2, -0.15) is 0 Å². The molecule has 0 saturated heterocycles. The minimum absolute atomic E-state index is 0.998. The molecule has 0 unspecified atom stereocenters. The van der Waals surface area contributed by atoms with Gasteiger partial charge in [-0.05, 0) is 13.8 Å². The second-order valence-corrected chi connectivity index (χ2v) is 5.25. The van der Waals surface area contributed by atoms with E-state index in [2.05, 4.69) is 12.2 Å². The third-order valence-electron chi connectivity index (χ3n) is 1.07. The Labute approximate surface area is 88.9 Å². The Kier molecular flexibility index (Phi) is 9.57. The SMILES string of the molecule is CC=CCSC(=S)SCC=CC. The van der Waals surface area contributed by atoms with Crippen molar-refractivity contribution in [1.82, 2.24) is 0 Å². The van der Waals surface area contributed by atoms with E-state index >= 15 is 0 Å². The highest BCUT2D eigenvalue weighted by molar-refractivity contribution is 8.47. The van der Waals surface area contributed by atoms with Gasteiger partial charge in [0.1, 0.15) is 3.53 Å². The zero-order valence-corrected chi connectivity index (χ0v) is 9.90. The van der Waals surface area contributed by atoms with Crippen LogP contribution < -0.4 is 0 Å². The lowest BCUT2D eigenvalue weighted by molar-refractivity contribution is 1.66. The smallest absolute Gasteiger partial charge is 0.104 e. The molecule has 12 heavy (non-hydrogen) atoms. The van der Waals surface area contributed by atoms with E-state index in [4.69, 9.17) is 12.2 Å². The van der Waals surface area contributed by atoms with Crippen molar-refractivity contribution in [2.75, 3.05) is 11.5 Å². The highest BCUT2D eigenvalue weighted by atomic mass is 32.2. The minimum atomic E-state index is 0.998. The van der Waals surface area contributed by atoms with E-state index in [-0.39, 0.29) is 0 Å². The summed E-state index contributed by atoms with van der Waals surface area (Å²) in [5.74, 6) is 2.00. The van der Waals surface area contributed by atoms with Crippen molar-refractivity contribution in [1.29, 1.82) is 0 Å². The van der Waals surface area contributed by atoms with Crippen LogP contribution in [0.5, 0.6) is 0 Å². The Bertz CT molecular complexity index is 153. The summed E-state index contributed by atoms with van der Waals surface area (Å²) in [6.07, 6.45) is 8.33. The first-order valence-corrected chi connectivity index (χ1v) is 6.21. The molecule has 0 radical (unpaired) electrons. The maximum Gasteiger partial charge on any atom is 0.104 e. The summed E-state index contributed by atoms with van der Waals surface area (Å²) in [4.78, 5) is 0. The standard InChI is InChI=1S/C9H14S3/c1-3-5-7-11-9(10)12-8-6-4-2/h3-6H,7-8H2,1-2H3. The molecule has 0 atom stereocenters. The summed E-state index contributed by atoms with van der Waals surface area (Å²) in [5.41, 5.74) is 0. The van der Waals surface area contributed by atoms with Crippen LogP contribution in [0, 0.1) is 0 Å². The first-order valence-electron chi connectivity index (χ1n) is 3.83. The molecule has 0 nitrogen and oxygen atoms in total. The van der Waals surface area contributed by atoms with E-state index in [0.717, 1.165) is 15.0 Å². The Morgan fingerprint density at radius 1 is 1.08 bits per heavy atom. The van der Waals surface area contributed by atoms with Gasteiger partial charge in [0, 0.05) is 11.5 Å². The van der Waals surface area contributed by atoms with Crippen LogP contribution in [0.4, 0.5) is 0 Å². The highest BCUT2D eigenvalue weighted by Gasteiger charge is 1.93. The van der Waals surface area contributed by atoms with Crippen LogP contribution >= 0.6 is 35.7 Å². The summed E-state index contributed by atoms with van der Waals surface area (Å²) in [6.45, 7) is 4.05. The monoisotopic (exact) mass is 218 g/mol. The van der Waals surface area contributed by atoms with Gasteiger partial charge < -0.3 is 0 Å². The molecule has 0 aliphatic heterocycles. The van der Waals surface area contributed by atoms with E-state index in [1.165, 1.54) is 0 Å². The second-order valence-electron chi connectivity index (χ2n) is 2.01. The number of hydrogen-bond donors (Lipinski definition) is 0. The van der Waals surface area contributed by atoms with Crippen molar-refractivity contribution in [3.63, 3.8) is 0 Å². The maximum atomic E-state index is 5.14. The third-order valence-corrected chi connectivity index (χ3v) is 3.67. The van der Waals surface area contributed by atoms with Gasteiger partial charge in [-0.15, -0.1) is 23.5 Å². The van der Waals surface area contributed by atoms with Gasteiger partial charge in [0.15, 0.2) is 0 Å². The van der Waals surface area contributed by atoms with Gasteiger partial charge >= 0.3 is 0 Å². The molecule has 68 valence electrons. The zero-order valence-electron chi connectivity index (χ0n) is 7.45. The van der Waals surface area contributed by atoms with Crippen molar-refractivity contribution in [2.45, 2.75) is 13.8 Å². The van der Waals surface area contributed by atoms with E-state index in [1.807, 2.05) is 26.0 Å². The molecule has 0 aromatic rings. The van der Waals surface area contributed by atoms with Gasteiger partial charge in [0.25, 0.3) is 0 Å². The molecule has 0 bridgehead atoms. The van der Waals surface area contributed by atoms with E-state index < -0.39 is 0 Å². The van der Waals surface area contributed by atoms with E-state index in [9.17, 15) is 0 Å². The first-order chi connectivity index (χ1) is 5.81. The summed E-state index contributed by atoms with van der Waals surface area (Å²) >= 11 is 8.59. The normalized spacial score (nSPS) is 11.5. The number of thioether (sulfide) groups is 2. The van der Waals surface area contributed by atoms with Crippen LogP contribution in [0.2, 0.25) is 0 Å². The van der Waals surface area contributed by atoms with Crippen LogP contribution in [0.25, 0.3) is 0 Å². The Balaban J connectivity index is 3.33. The molecule has 0 amide bonds. The fourth-order valence-electron chi connectivity index (χ4n) is 0.466. The van der Waals surface area contributed by atoms with Gasteiger partial charge in [0.2, 0.25) is 0 Å². The maximum absolute atomic E-state index is 5.14. The number of allylic oxidation sites excluding steroid dienone is 2. The minimum Gasteiger partial charge on any atom is -0.104 e. The molecule has 0 aromatic carbocycles. The molecule has 3 heteroatoms. The molecular formula is C9H14S3. The largest absolute Gasteiger partial charge is 0.104 e. The van der Waals surface area contributed by atoms with Crippen LogP contribution in [0.15, 0.2) is 24.3 Å². The topological polar surface area (TPSA) is 0 Å². The lowest BCUT2D eigenvalue weighted by atomic mass is 10.6.